The van der Waals surface area contributed by atoms with E-state index in [-0.39, 0.29) is 30.7 Å². The molecule has 1 aliphatic rings. The molecule has 3 aromatic carbocycles. The van der Waals surface area contributed by atoms with E-state index in [1.54, 1.807) is 41.2 Å². The molecule has 0 spiro atoms. The summed E-state index contributed by atoms with van der Waals surface area (Å²) in [5.74, 6) is -1.10. The molecule has 2 amide bonds. The molecule has 1 aliphatic heterocycles. The molecule has 0 saturated carbocycles. The monoisotopic (exact) mass is 581 g/mol. The van der Waals surface area contributed by atoms with Gasteiger partial charge in [-0.15, -0.1) is 11.8 Å². The zero-order chi connectivity index (χ0) is 29.1. The third-order valence-electron chi connectivity index (χ3n) is 6.85. The van der Waals surface area contributed by atoms with E-state index in [2.05, 4.69) is 10.3 Å². The first kappa shape index (κ1) is 27.3. The Balaban J connectivity index is 1.52. The van der Waals surface area contributed by atoms with Gasteiger partial charge in [-0.25, -0.2) is 13.5 Å². The maximum absolute atomic E-state index is 14.5. The Morgan fingerprint density at radius 1 is 0.929 bits per heavy atom. The van der Waals surface area contributed by atoms with Crippen LogP contribution in [0.3, 0.4) is 0 Å². The van der Waals surface area contributed by atoms with Gasteiger partial charge in [0.15, 0.2) is 0 Å². The van der Waals surface area contributed by atoms with Crippen LogP contribution in [0.5, 0.6) is 0 Å². The number of carbonyl (C=O) groups is 2. The summed E-state index contributed by atoms with van der Waals surface area (Å²) in [7, 11) is 0. The second-order valence-corrected chi connectivity index (χ2v) is 10.8. The predicted octanol–water partition coefficient (Wildman–Crippen LogP) is 5.70. The van der Waals surface area contributed by atoms with Crippen LogP contribution in [0.15, 0.2) is 103 Å². The topological polar surface area (TPSA) is 80.1 Å². The van der Waals surface area contributed by atoms with Gasteiger partial charge >= 0.3 is 0 Å². The lowest BCUT2D eigenvalue weighted by Crippen LogP contribution is -2.42. The van der Waals surface area contributed by atoms with Gasteiger partial charge in [0.1, 0.15) is 24.0 Å². The van der Waals surface area contributed by atoms with Crippen molar-refractivity contribution < 1.29 is 18.4 Å². The first-order valence-electron chi connectivity index (χ1n) is 13.3. The van der Waals surface area contributed by atoms with Gasteiger partial charge in [-0.05, 0) is 54.1 Å². The van der Waals surface area contributed by atoms with Crippen molar-refractivity contribution in [2.45, 2.75) is 11.8 Å². The molecule has 0 radical (unpaired) electrons. The first-order valence-corrected chi connectivity index (χ1v) is 14.3. The average Bonchev–Trinajstić information content (AvgIpc) is 3.33. The summed E-state index contributed by atoms with van der Waals surface area (Å²) in [6.07, 6.45) is 1.64. The molecule has 5 aromatic rings. The SMILES string of the molecule is O=C(CN1C(=O)CS[C@H](c2cccc(F)c2)c2c(-c3ccccc3)nn(-c3ccc(F)cc3)c21)NCc1ccccn1. The van der Waals surface area contributed by atoms with Gasteiger partial charge < -0.3 is 5.32 Å². The normalized spacial score (nSPS) is 14.8. The van der Waals surface area contributed by atoms with Gasteiger partial charge in [-0.1, -0.05) is 48.5 Å². The molecule has 10 heteroatoms. The summed E-state index contributed by atoms with van der Waals surface area (Å²) in [5, 5.41) is 7.30. The summed E-state index contributed by atoms with van der Waals surface area (Å²) in [6.45, 7) is -0.0854. The Hall–Kier alpha value is -4.83. The number of thioether (sulfide) groups is 1. The zero-order valence-corrected chi connectivity index (χ0v) is 23.1. The van der Waals surface area contributed by atoms with Crippen LogP contribution in [-0.2, 0) is 16.1 Å². The standard InChI is InChI=1S/C32H25F2N5O2S/c33-23-12-14-26(15-13-23)39-32-29(30(37-39)21-7-2-1-3-8-21)31(22-9-6-10-24(34)17-22)42-20-28(41)38(32)19-27(40)36-18-25-11-4-5-16-35-25/h1-17,31H,18-20H2,(H,36,40)/t31-/m1/s1. The van der Waals surface area contributed by atoms with Crippen molar-refractivity contribution in [3.8, 4) is 16.9 Å². The van der Waals surface area contributed by atoms with Crippen LogP contribution in [0.2, 0.25) is 0 Å². The second-order valence-electron chi connectivity index (χ2n) is 9.66. The smallest absolute Gasteiger partial charge is 0.240 e. The molecule has 42 heavy (non-hydrogen) atoms. The van der Waals surface area contributed by atoms with Crippen LogP contribution in [-0.4, -0.2) is 38.9 Å². The number of rotatable bonds is 7. The maximum atomic E-state index is 14.5. The molecule has 210 valence electrons. The Labute approximate surface area is 245 Å². The number of anilines is 1. The fourth-order valence-corrected chi connectivity index (χ4v) is 6.10. The number of amides is 2. The molecule has 0 aliphatic carbocycles. The van der Waals surface area contributed by atoms with E-state index < -0.39 is 16.9 Å². The van der Waals surface area contributed by atoms with E-state index >= 15 is 0 Å². The number of halogens is 2. The van der Waals surface area contributed by atoms with Crippen molar-refractivity contribution in [3.63, 3.8) is 0 Å². The highest BCUT2D eigenvalue weighted by Crippen LogP contribution is 2.48. The van der Waals surface area contributed by atoms with Gasteiger partial charge in [-0.2, -0.15) is 5.10 Å². The number of pyridine rings is 1. The minimum Gasteiger partial charge on any atom is -0.349 e. The van der Waals surface area contributed by atoms with E-state index in [0.717, 1.165) is 5.56 Å². The molecule has 6 rings (SSSR count). The minimum absolute atomic E-state index is 0.0427. The molecular formula is C32H25F2N5O2S. The molecule has 0 saturated heterocycles. The molecule has 1 N–H and O–H groups in total. The third kappa shape index (κ3) is 5.66. The van der Waals surface area contributed by atoms with Gasteiger partial charge in [0, 0.05) is 17.3 Å². The molecule has 3 heterocycles. The van der Waals surface area contributed by atoms with Crippen LogP contribution < -0.4 is 10.2 Å². The lowest BCUT2D eigenvalue weighted by atomic mass is 9.99. The minimum atomic E-state index is -0.481. The van der Waals surface area contributed by atoms with Gasteiger partial charge in [0.2, 0.25) is 11.8 Å². The molecule has 0 bridgehead atoms. The number of aromatic nitrogens is 3. The van der Waals surface area contributed by atoms with Crippen LogP contribution >= 0.6 is 11.8 Å². The fraction of sp³-hybridized carbons (Fsp3) is 0.125. The van der Waals surface area contributed by atoms with Crippen LogP contribution in [0.4, 0.5) is 14.6 Å². The summed E-state index contributed by atoms with van der Waals surface area (Å²) < 4.78 is 30.0. The van der Waals surface area contributed by atoms with Crippen molar-refractivity contribution in [1.29, 1.82) is 0 Å². The van der Waals surface area contributed by atoms with Crippen molar-refractivity contribution in [1.82, 2.24) is 20.1 Å². The number of benzene rings is 3. The highest BCUT2D eigenvalue weighted by atomic mass is 32.2. The van der Waals surface area contributed by atoms with Crippen molar-refractivity contribution in [2.24, 2.45) is 0 Å². The number of nitrogens with one attached hydrogen (secondary N) is 1. The Morgan fingerprint density at radius 2 is 1.71 bits per heavy atom. The molecule has 1 atom stereocenters. The molecule has 7 nitrogen and oxygen atoms in total. The quantitative estimate of drug-likeness (QED) is 0.267. The van der Waals surface area contributed by atoms with Gasteiger partial charge in [0.25, 0.3) is 0 Å². The zero-order valence-electron chi connectivity index (χ0n) is 22.3. The number of hydrogen-bond donors (Lipinski definition) is 1. The average molecular weight is 582 g/mol. The van der Waals surface area contributed by atoms with E-state index in [1.165, 1.54) is 40.9 Å². The summed E-state index contributed by atoms with van der Waals surface area (Å²) in [5.41, 5.74) is 3.86. The summed E-state index contributed by atoms with van der Waals surface area (Å²) >= 11 is 1.34. The predicted molar refractivity (Wildman–Crippen MR) is 158 cm³/mol. The Kier molecular flexibility index (Phi) is 7.78. The van der Waals surface area contributed by atoms with Crippen molar-refractivity contribution in [2.75, 3.05) is 17.2 Å². The van der Waals surface area contributed by atoms with Crippen LogP contribution in [0.1, 0.15) is 22.1 Å². The lowest BCUT2D eigenvalue weighted by molar-refractivity contribution is -0.123. The molecule has 0 unspecified atom stereocenters. The number of hydrogen-bond acceptors (Lipinski definition) is 5. The second kappa shape index (κ2) is 12.0. The van der Waals surface area contributed by atoms with Crippen molar-refractivity contribution >= 4 is 29.4 Å². The number of carbonyl (C=O) groups excluding carboxylic acids is 2. The van der Waals surface area contributed by atoms with Crippen LogP contribution in [0, 0.1) is 11.6 Å². The third-order valence-corrected chi connectivity index (χ3v) is 8.11. The lowest BCUT2D eigenvalue weighted by Gasteiger charge is -2.23. The van der Waals surface area contributed by atoms with Crippen molar-refractivity contribution in [3.05, 3.63) is 132 Å². The fourth-order valence-electron chi connectivity index (χ4n) is 4.91. The van der Waals surface area contributed by atoms with E-state index in [1.807, 2.05) is 42.5 Å². The van der Waals surface area contributed by atoms with Gasteiger partial charge in [-0.3, -0.25) is 19.5 Å². The molecule has 2 aromatic heterocycles. The van der Waals surface area contributed by atoms with Crippen LogP contribution in [0.25, 0.3) is 16.9 Å². The summed E-state index contributed by atoms with van der Waals surface area (Å²) in [4.78, 5) is 32.7. The van der Waals surface area contributed by atoms with Gasteiger partial charge in [0.05, 0.1) is 34.6 Å². The maximum Gasteiger partial charge on any atom is 0.240 e. The highest BCUT2D eigenvalue weighted by molar-refractivity contribution is 8.00. The number of fused-ring (bicyclic) bond motifs is 1. The van der Waals surface area contributed by atoms with E-state index in [9.17, 15) is 18.4 Å². The largest absolute Gasteiger partial charge is 0.349 e. The highest BCUT2D eigenvalue weighted by Gasteiger charge is 2.37. The van der Waals surface area contributed by atoms with E-state index in [0.29, 0.717) is 34.0 Å². The molecular weight excluding hydrogens is 556 g/mol. The first-order chi connectivity index (χ1) is 20.5. The summed E-state index contributed by atoms with van der Waals surface area (Å²) in [6, 6.07) is 26.9. The molecule has 0 fully saturated rings. The number of nitrogens with zero attached hydrogens (tertiary/aromatic N) is 4. The Morgan fingerprint density at radius 3 is 2.45 bits per heavy atom. The Bertz CT molecular complexity index is 1730. The van der Waals surface area contributed by atoms with E-state index in [4.69, 9.17) is 5.10 Å².